The number of rotatable bonds is 0. The number of carbonyl (C=O) groups is 3. The zero-order chi connectivity index (χ0) is 12.9. The van der Waals surface area contributed by atoms with Crippen molar-refractivity contribution in [1.82, 2.24) is 0 Å². The summed E-state index contributed by atoms with van der Waals surface area (Å²) in [5.74, 6) is -0.300. The normalized spacial score (nSPS) is 25.9. The number of fused-ring (bicyclic) bond motifs is 2. The lowest BCUT2D eigenvalue weighted by molar-refractivity contribution is -0.124. The van der Waals surface area contributed by atoms with E-state index in [4.69, 9.17) is 5.73 Å². The van der Waals surface area contributed by atoms with Gasteiger partial charge in [-0.2, -0.15) is 0 Å². The van der Waals surface area contributed by atoms with Crippen molar-refractivity contribution in [3.8, 4) is 0 Å². The van der Waals surface area contributed by atoms with Crippen molar-refractivity contribution in [1.29, 1.82) is 0 Å². The predicted molar refractivity (Wildman–Crippen MR) is 64.0 cm³/mol. The molecule has 3 amide bonds. The van der Waals surface area contributed by atoms with Gasteiger partial charge in [-0.05, 0) is 18.1 Å². The van der Waals surface area contributed by atoms with Crippen molar-refractivity contribution in [2.75, 3.05) is 4.90 Å². The highest BCUT2D eigenvalue weighted by Crippen LogP contribution is 2.49. The Balaban J connectivity index is 2.22. The Hall–Kier alpha value is -2.17. The summed E-state index contributed by atoms with van der Waals surface area (Å²) >= 11 is 0. The molecule has 92 valence electrons. The summed E-state index contributed by atoms with van der Waals surface area (Å²) in [6.07, 6.45) is 1.02. The number of carbonyl (C=O) groups excluding carboxylic acids is 3. The zero-order valence-corrected chi connectivity index (χ0v) is 9.68. The zero-order valence-electron chi connectivity index (χ0n) is 9.68. The second-order valence-electron chi connectivity index (χ2n) is 4.79. The van der Waals surface area contributed by atoms with Crippen LogP contribution in [0.15, 0.2) is 24.3 Å². The standard InChI is InChI=1S/C13H12N2O3/c14-12(18)15-10-4-2-1-3-9(10)13(11(15)17)6-5-8(16)7-13/h1-4H,5-7H2,(H2,14,18). The molecule has 1 atom stereocenters. The van der Waals surface area contributed by atoms with E-state index in [1.165, 1.54) is 0 Å². The molecule has 0 aromatic heterocycles. The molecule has 1 aliphatic carbocycles. The second-order valence-corrected chi connectivity index (χ2v) is 4.79. The molecule has 1 saturated carbocycles. The third kappa shape index (κ3) is 1.19. The SMILES string of the molecule is NC(=O)N1C(=O)C2(CCC(=O)C2)c2ccccc21. The lowest BCUT2D eigenvalue weighted by Gasteiger charge is -2.20. The van der Waals surface area contributed by atoms with Gasteiger partial charge in [-0.1, -0.05) is 18.2 Å². The number of para-hydroxylation sites is 1. The van der Waals surface area contributed by atoms with Crippen LogP contribution >= 0.6 is 0 Å². The van der Waals surface area contributed by atoms with Gasteiger partial charge < -0.3 is 5.73 Å². The highest BCUT2D eigenvalue weighted by Gasteiger charge is 2.55. The van der Waals surface area contributed by atoms with Crippen molar-refractivity contribution in [2.24, 2.45) is 5.73 Å². The monoisotopic (exact) mass is 244 g/mol. The van der Waals surface area contributed by atoms with Crippen molar-refractivity contribution >= 4 is 23.4 Å². The molecule has 1 spiro atoms. The number of primary amides is 1. The van der Waals surface area contributed by atoms with Crippen molar-refractivity contribution in [3.63, 3.8) is 0 Å². The molecule has 1 unspecified atom stereocenters. The molecular weight excluding hydrogens is 232 g/mol. The quantitative estimate of drug-likeness (QED) is 0.742. The first kappa shape index (κ1) is 11.0. The Kier molecular flexibility index (Phi) is 2.08. The molecule has 5 heteroatoms. The fourth-order valence-corrected chi connectivity index (χ4v) is 3.01. The minimum Gasteiger partial charge on any atom is -0.351 e. The van der Waals surface area contributed by atoms with Gasteiger partial charge in [-0.25, -0.2) is 9.69 Å². The number of benzene rings is 1. The van der Waals surface area contributed by atoms with Gasteiger partial charge in [0.2, 0.25) is 5.91 Å². The first-order valence-electron chi connectivity index (χ1n) is 5.81. The first-order chi connectivity index (χ1) is 8.56. The molecule has 3 rings (SSSR count). The van der Waals surface area contributed by atoms with Crippen LogP contribution in [-0.4, -0.2) is 17.7 Å². The largest absolute Gasteiger partial charge is 0.351 e. The molecule has 18 heavy (non-hydrogen) atoms. The van der Waals surface area contributed by atoms with Crippen molar-refractivity contribution < 1.29 is 14.4 Å². The van der Waals surface area contributed by atoms with Crippen LogP contribution in [0.1, 0.15) is 24.8 Å². The predicted octanol–water partition coefficient (Wildman–Crippen LogP) is 1.10. The molecule has 2 N–H and O–H groups in total. The summed E-state index contributed by atoms with van der Waals surface area (Å²) in [7, 11) is 0. The third-order valence-corrected chi connectivity index (χ3v) is 3.82. The summed E-state index contributed by atoms with van der Waals surface area (Å²) in [6, 6.07) is 6.26. The molecule has 5 nitrogen and oxygen atoms in total. The van der Waals surface area contributed by atoms with Crippen LogP contribution in [0.3, 0.4) is 0 Å². The fourth-order valence-electron chi connectivity index (χ4n) is 3.01. The molecule has 0 radical (unpaired) electrons. The Morgan fingerprint density at radius 2 is 2.00 bits per heavy atom. The van der Waals surface area contributed by atoms with Crippen LogP contribution in [0, 0.1) is 0 Å². The maximum Gasteiger partial charge on any atom is 0.326 e. The maximum absolute atomic E-state index is 12.4. The number of hydrogen-bond donors (Lipinski definition) is 1. The number of ketones is 1. The van der Waals surface area contributed by atoms with E-state index < -0.39 is 11.4 Å². The van der Waals surface area contributed by atoms with E-state index >= 15 is 0 Å². The third-order valence-electron chi connectivity index (χ3n) is 3.82. The number of amides is 3. The van der Waals surface area contributed by atoms with Crippen LogP contribution in [0.5, 0.6) is 0 Å². The fraction of sp³-hybridized carbons (Fsp3) is 0.308. The van der Waals surface area contributed by atoms with E-state index in [1.54, 1.807) is 24.3 Å². The Morgan fingerprint density at radius 1 is 1.28 bits per heavy atom. The van der Waals surface area contributed by atoms with Gasteiger partial charge in [-0.15, -0.1) is 0 Å². The highest BCUT2D eigenvalue weighted by molar-refractivity contribution is 6.23. The number of Topliss-reactive ketones (excluding diaryl/α,β-unsaturated/α-hetero) is 1. The molecule has 1 fully saturated rings. The topological polar surface area (TPSA) is 80.5 Å². The van der Waals surface area contributed by atoms with Gasteiger partial charge in [0.1, 0.15) is 5.78 Å². The van der Waals surface area contributed by atoms with Crippen LogP contribution in [0.2, 0.25) is 0 Å². The number of imide groups is 1. The van der Waals surface area contributed by atoms with Crippen molar-refractivity contribution in [3.05, 3.63) is 29.8 Å². The van der Waals surface area contributed by atoms with Gasteiger partial charge in [0, 0.05) is 12.8 Å². The summed E-state index contributed by atoms with van der Waals surface area (Å²) in [4.78, 5) is 36.4. The highest BCUT2D eigenvalue weighted by atomic mass is 16.2. The number of hydrogen-bond acceptors (Lipinski definition) is 3. The first-order valence-corrected chi connectivity index (χ1v) is 5.81. The smallest absolute Gasteiger partial charge is 0.326 e. The van der Waals surface area contributed by atoms with Crippen molar-refractivity contribution in [2.45, 2.75) is 24.7 Å². The number of nitrogens with zero attached hydrogens (tertiary/aromatic N) is 1. The number of anilines is 1. The summed E-state index contributed by atoms with van der Waals surface area (Å²) < 4.78 is 0. The molecular formula is C13H12N2O3. The molecule has 1 aliphatic heterocycles. The van der Waals surface area contributed by atoms with E-state index in [1.807, 2.05) is 0 Å². The maximum atomic E-state index is 12.4. The molecule has 0 saturated heterocycles. The van der Waals surface area contributed by atoms with E-state index in [0.717, 1.165) is 10.5 Å². The second kappa shape index (κ2) is 3.41. The van der Waals surface area contributed by atoms with Gasteiger partial charge in [-0.3, -0.25) is 9.59 Å². The average molecular weight is 244 g/mol. The summed E-state index contributed by atoms with van der Waals surface area (Å²) in [5, 5.41) is 0. The minimum atomic E-state index is -0.858. The van der Waals surface area contributed by atoms with E-state index in [0.29, 0.717) is 18.5 Å². The van der Waals surface area contributed by atoms with E-state index in [-0.39, 0.29) is 18.1 Å². The summed E-state index contributed by atoms with van der Waals surface area (Å²) in [5.41, 5.74) is 5.68. The molecule has 1 heterocycles. The molecule has 1 aromatic rings. The van der Waals surface area contributed by atoms with E-state index in [2.05, 4.69) is 0 Å². The molecule has 0 bridgehead atoms. The van der Waals surface area contributed by atoms with E-state index in [9.17, 15) is 14.4 Å². The van der Waals surface area contributed by atoms with Gasteiger partial charge in [0.05, 0.1) is 11.1 Å². The van der Waals surface area contributed by atoms with Crippen LogP contribution < -0.4 is 10.6 Å². The van der Waals surface area contributed by atoms with Crippen LogP contribution in [-0.2, 0) is 15.0 Å². The van der Waals surface area contributed by atoms with Gasteiger partial charge >= 0.3 is 6.03 Å². The minimum absolute atomic E-state index is 0.0597. The van der Waals surface area contributed by atoms with Gasteiger partial charge in [0.25, 0.3) is 0 Å². The van der Waals surface area contributed by atoms with Crippen LogP contribution in [0.25, 0.3) is 0 Å². The number of urea groups is 1. The Bertz CT molecular complexity index is 581. The Labute approximate surface area is 104 Å². The van der Waals surface area contributed by atoms with Gasteiger partial charge in [0.15, 0.2) is 0 Å². The lowest BCUT2D eigenvalue weighted by atomic mass is 9.80. The molecule has 1 aromatic carbocycles. The Morgan fingerprint density at radius 3 is 2.61 bits per heavy atom. The molecule has 2 aliphatic rings. The average Bonchev–Trinajstić information content (AvgIpc) is 2.82. The number of nitrogens with two attached hydrogens (primary N) is 1. The lowest BCUT2D eigenvalue weighted by Crippen LogP contribution is -2.44. The summed E-state index contributed by atoms with van der Waals surface area (Å²) in [6.45, 7) is 0. The van der Waals surface area contributed by atoms with Crippen LogP contribution in [0.4, 0.5) is 10.5 Å².